The quantitative estimate of drug-likeness (QED) is 0.796. The van der Waals surface area contributed by atoms with E-state index < -0.39 is 5.92 Å². The van der Waals surface area contributed by atoms with Gasteiger partial charge in [0.1, 0.15) is 0 Å². The van der Waals surface area contributed by atoms with E-state index in [9.17, 15) is 10.1 Å². The molecule has 1 aromatic carbocycles. The number of rotatable bonds is 4. The molecule has 0 fully saturated rings. The molecule has 1 aliphatic rings. The van der Waals surface area contributed by atoms with Gasteiger partial charge in [-0.05, 0) is 30.7 Å². The van der Waals surface area contributed by atoms with Crippen LogP contribution in [0.2, 0.25) is 0 Å². The fourth-order valence-corrected chi connectivity index (χ4v) is 3.33. The molecular weight excluding hydrogens is 324 g/mol. The topological polar surface area (TPSA) is 62.1 Å². The molecule has 0 bridgehead atoms. The summed E-state index contributed by atoms with van der Waals surface area (Å²) < 4.78 is 5.06. The molecule has 1 N–H and O–H groups in total. The second kappa shape index (κ2) is 7.78. The highest BCUT2D eigenvalue weighted by Crippen LogP contribution is 2.41. The molecule has 0 radical (unpaired) electrons. The number of nitrogens with zero attached hydrogens (tertiary/aromatic N) is 1. The summed E-state index contributed by atoms with van der Waals surface area (Å²) in [5, 5.41) is 13.3. The molecule has 0 aliphatic carbocycles. The first-order valence-corrected chi connectivity index (χ1v) is 9.00. The molecule has 1 heterocycles. The minimum absolute atomic E-state index is 0.0177. The van der Waals surface area contributed by atoms with Crippen molar-refractivity contribution in [1.29, 1.82) is 5.26 Å². The highest BCUT2D eigenvalue weighted by molar-refractivity contribution is 5.93. The third-order valence-electron chi connectivity index (χ3n) is 4.53. The van der Waals surface area contributed by atoms with Crippen LogP contribution >= 0.6 is 0 Å². The average molecular weight is 352 g/mol. The summed E-state index contributed by atoms with van der Waals surface area (Å²) in [6.07, 6.45) is 1.40. The Hall–Kier alpha value is -2.54. The largest absolute Gasteiger partial charge is 0.466 e. The lowest BCUT2D eigenvalue weighted by atomic mass is 9.77. The molecule has 0 saturated heterocycles. The van der Waals surface area contributed by atoms with Gasteiger partial charge in [-0.25, -0.2) is 4.79 Å². The number of methoxy groups -OCH3 is 1. The van der Waals surface area contributed by atoms with Crippen molar-refractivity contribution < 1.29 is 9.53 Å². The Bertz CT molecular complexity index is 787. The van der Waals surface area contributed by atoms with Crippen LogP contribution in [-0.4, -0.2) is 13.1 Å². The lowest BCUT2D eigenvalue weighted by molar-refractivity contribution is -0.136. The summed E-state index contributed by atoms with van der Waals surface area (Å²) >= 11 is 0. The molecule has 4 heteroatoms. The van der Waals surface area contributed by atoms with Crippen molar-refractivity contribution in [2.75, 3.05) is 7.11 Å². The smallest absolute Gasteiger partial charge is 0.336 e. The monoisotopic (exact) mass is 352 g/mol. The van der Waals surface area contributed by atoms with Crippen LogP contribution in [0.4, 0.5) is 0 Å². The first kappa shape index (κ1) is 19.8. The average Bonchev–Trinajstić information content (AvgIpc) is 2.59. The summed E-state index contributed by atoms with van der Waals surface area (Å²) in [6.45, 7) is 10.4. The Balaban J connectivity index is 2.70. The molecule has 1 unspecified atom stereocenters. The van der Waals surface area contributed by atoms with E-state index in [1.165, 1.54) is 7.11 Å². The normalized spacial score (nSPS) is 17.7. The van der Waals surface area contributed by atoms with E-state index in [0.29, 0.717) is 17.6 Å². The predicted molar refractivity (Wildman–Crippen MR) is 103 cm³/mol. The lowest BCUT2D eigenvalue weighted by Crippen LogP contribution is -2.31. The predicted octanol–water partition coefficient (Wildman–Crippen LogP) is 4.73. The number of nitrogens with one attached hydrogen (secondary N) is 1. The van der Waals surface area contributed by atoms with Gasteiger partial charge in [0.15, 0.2) is 0 Å². The van der Waals surface area contributed by atoms with Gasteiger partial charge < -0.3 is 10.1 Å². The molecule has 0 aromatic heterocycles. The van der Waals surface area contributed by atoms with Crippen LogP contribution < -0.4 is 5.32 Å². The lowest BCUT2D eigenvalue weighted by Gasteiger charge is -2.33. The Morgan fingerprint density at radius 2 is 1.85 bits per heavy atom. The van der Waals surface area contributed by atoms with E-state index in [-0.39, 0.29) is 11.4 Å². The standard InChI is InChI=1S/C22H28N2O2/c1-7-17-20(21(25)26-6)19(15-10-8-14(2)9-11-15)16(13-23)18(24-17)12-22(3,4)5/h8-11,19,24H,7,12H2,1-6H3. The number of esters is 1. The fourth-order valence-electron chi connectivity index (χ4n) is 3.33. The van der Waals surface area contributed by atoms with Gasteiger partial charge in [-0.15, -0.1) is 0 Å². The van der Waals surface area contributed by atoms with Gasteiger partial charge in [0, 0.05) is 11.4 Å². The first-order valence-electron chi connectivity index (χ1n) is 9.00. The van der Waals surface area contributed by atoms with Crippen molar-refractivity contribution >= 4 is 5.97 Å². The van der Waals surface area contributed by atoms with Crippen molar-refractivity contribution in [2.45, 2.75) is 53.4 Å². The maximum atomic E-state index is 12.6. The highest BCUT2D eigenvalue weighted by Gasteiger charge is 2.36. The Kier molecular flexibility index (Phi) is 5.92. The zero-order valence-electron chi connectivity index (χ0n) is 16.6. The molecule has 0 spiro atoms. The zero-order chi connectivity index (χ0) is 19.5. The SMILES string of the molecule is CCC1=C(C(=O)OC)C(c2ccc(C)cc2)C(C#N)=C(CC(C)(C)C)N1. The van der Waals surface area contributed by atoms with Crippen LogP contribution in [0.1, 0.15) is 57.6 Å². The van der Waals surface area contributed by atoms with Crippen LogP contribution in [-0.2, 0) is 9.53 Å². The van der Waals surface area contributed by atoms with Gasteiger partial charge in [0.2, 0.25) is 0 Å². The summed E-state index contributed by atoms with van der Waals surface area (Å²) in [4.78, 5) is 12.6. The third kappa shape index (κ3) is 4.16. The van der Waals surface area contributed by atoms with E-state index in [1.807, 2.05) is 38.1 Å². The zero-order valence-corrected chi connectivity index (χ0v) is 16.6. The summed E-state index contributed by atoms with van der Waals surface area (Å²) in [5.41, 5.74) is 4.96. The number of benzene rings is 1. The molecule has 4 nitrogen and oxygen atoms in total. The van der Waals surface area contributed by atoms with E-state index >= 15 is 0 Å². The van der Waals surface area contributed by atoms with Crippen LogP contribution in [0, 0.1) is 23.7 Å². The van der Waals surface area contributed by atoms with Crippen molar-refractivity contribution in [3.63, 3.8) is 0 Å². The molecular formula is C22H28N2O2. The van der Waals surface area contributed by atoms with Gasteiger partial charge in [0.25, 0.3) is 0 Å². The number of carbonyl (C=O) groups is 1. The number of hydrogen-bond acceptors (Lipinski definition) is 4. The van der Waals surface area contributed by atoms with Crippen LogP contribution in [0.25, 0.3) is 0 Å². The summed E-state index contributed by atoms with van der Waals surface area (Å²) in [6, 6.07) is 10.4. The second-order valence-corrected chi connectivity index (χ2v) is 7.95. The molecule has 0 saturated carbocycles. The second-order valence-electron chi connectivity index (χ2n) is 7.95. The van der Waals surface area contributed by atoms with Crippen LogP contribution in [0.15, 0.2) is 46.8 Å². The van der Waals surface area contributed by atoms with Gasteiger partial charge in [0.05, 0.1) is 30.2 Å². The molecule has 1 atom stereocenters. The number of ether oxygens (including phenoxy) is 1. The molecule has 26 heavy (non-hydrogen) atoms. The fraction of sp³-hybridized carbons (Fsp3) is 0.455. The van der Waals surface area contributed by atoms with Gasteiger partial charge in [-0.2, -0.15) is 5.26 Å². The minimum Gasteiger partial charge on any atom is -0.466 e. The number of dihydropyridines is 1. The first-order chi connectivity index (χ1) is 12.2. The Labute approximate surface area is 156 Å². The van der Waals surface area contributed by atoms with E-state index in [1.54, 1.807) is 0 Å². The van der Waals surface area contributed by atoms with Crippen molar-refractivity contribution in [2.24, 2.45) is 5.41 Å². The summed E-state index contributed by atoms with van der Waals surface area (Å²) in [7, 11) is 1.38. The maximum Gasteiger partial charge on any atom is 0.336 e. The molecule has 1 aromatic rings. The van der Waals surface area contributed by atoms with E-state index in [0.717, 1.165) is 28.9 Å². The van der Waals surface area contributed by atoms with E-state index in [2.05, 4.69) is 32.2 Å². The number of nitriles is 1. The van der Waals surface area contributed by atoms with Crippen molar-refractivity contribution in [1.82, 2.24) is 5.32 Å². The number of aryl methyl sites for hydroxylation is 1. The molecule has 2 rings (SSSR count). The highest BCUT2D eigenvalue weighted by atomic mass is 16.5. The molecule has 1 aliphatic heterocycles. The van der Waals surface area contributed by atoms with Gasteiger partial charge >= 0.3 is 5.97 Å². The van der Waals surface area contributed by atoms with Crippen molar-refractivity contribution in [3.8, 4) is 6.07 Å². The van der Waals surface area contributed by atoms with E-state index in [4.69, 9.17) is 4.74 Å². The number of carbonyl (C=O) groups excluding carboxylic acids is 1. The number of allylic oxidation sites excluding steroid dienone is 3. The van der Waals surface area contributed by atoms with Crippen LogP contribution in [0.3, 0.4) is 0 Å². The molecule has 138 valence electrons. The van der Waals surface area contributed by atoms with Gasteiger partial charge in [-0.3, -0.25) is 0 Å². The number of hydrogen-bond donors (Lipinski definition) is 1. The summed E-state index contributed by atoms with van der Waals surface area (Å²) in [5.74, 6) is -0.788. The van der Waals surface area contributed by atoms with Crippen molar-refractivity contribution in [3.05, 3.63) is 57.9 Å². The minimum atomic E-state index is -0.401. The van der Waals surface area contributed by atoms with Gasteiger partial charge in [-0.1, -0.05) is 57.5 Å². The Morgan fingerprint density at radius 1 is 1.23 bits per heavy atom. The molecule has 0 amide bonds. The Morgan fingerprint density at radius 3 is 2.31 bits per heavy atom. The van der Waals surface area contributed by atoms with Crippen LogP contribution in [0.5, 0.6) is 0 Å². The third-order valence-corrected chi connectivity index (χ3v) is 4.53. The maximum absolute atomic E-state index is 12.6.